The molecule has 2 aromatic rings. The number of piperidine rings is 1. The Bertz CT molecular complexity index is 1050. The van der Waals surface area contributed by atoms with Crippen molar-refractivity contribution in [3.63, 3.8) is 0 Å². The van der Waals surface area contributed by atoms with Crippen LogP contribution in [0.25, 0.3) is 0 Å². The average molecular weight is 471 g/mol. The van der Waals surface area contributed by atoms with Crippen molar-refractivity contribution in [1.82, 2.24) is 4.31 Å². The quantitative estimate of drug-likeness (QED) is 0.670. The van der Waals surface area contributed by atoms with E-state index >= 15 is 0 Å². The van der Waals surface area contributed by atoms with Gasteiger partial charge in [0.1, 0.15) is 4.90 Å². The molecular formula is C20H20Cl2N2O5S. The third-order valence-corrected chi connectivity index (χ3v) is 7.75. The Morgan fingerprint density at radius 1 is 1.07 bits per heavy atom. The molecule has 10 heteroatoms. The van der Waals surface area contributed by atoms with Crippen LogP contribution < -0.4 is 5.32 Å². The fourth-order valence-corrected chi connectivity index (χ4v) is 5.86. The van der Waals surface area contributed by atoms with E-state index in [0.717, 1.165) is 0 Å². The number of nitrogens with one attached hydrogen (secondary N) is 1. The molecule has 2 aromatic carbocycles. The second kappa shape index (κ2) is 9.34. The zero-order chi connectivity index (χ0) is 21.9. The summed E-state index contributed by atoms with van der Waals surface area (Å²) in [6.07, 6.45) is 0.702. The maximum atomic E-state index is 12.9. The Morgan fingerprint density at radius 2 is 1.67 bits per heavy atom. The minimum absolute atomic E-state index is 0.0628. The Hall–Kier alpha value is -2.13. The van der Waals surface area contributed by atoms with Crippen LogP contribution in [0.2, 0.25) is 10.0 Å². The molecule has 0 aromatic heterocycles. The number of anilines is 1. The lowest BCUT2D eigenvalue weighted by atomic mass is 9.97. The van der Waals surface area contributed by atoms with Gasteiger partial charge in [0.05, 0.1) is 22.7 Å². The summed E-state index contributed by atoms with van der Waals surface area (Å²) in [5, 5.41) is 2.90. The second-order valence-corrected chi connectivity index (χ2v) is 9.48. The number of rotatable bonds is 5. The van der Waals surface area contributed by atoms with E-state index < -0.39 is 16.0 Å². The van der Waals surface area contributed by atoms with Crippen molar-refractivity contribution in [2.45, 2.75) is 17.7 Å². The molecule has 7 nitrogen and oxygen atoms in total. The molecule has 0 bridgehead atoms. The predicted molar refractivity (Wildman–Crippen MR) is 114 cm³/mol. The summed E-state index contributed by atoms with van der Waals surface area (Å²) in [6.45, 7) is 0.342. The van der Waals surface area contributed by atoms with Crippen LogP contribution in [0.4, 0.5) is 5.69 Å². The monoisotopic (exact) mass is 470 g/mol. The number of carbonyl (C=O) groups excluding carboxylic acids is 2. The number of sulfonamides is 1. The van der Waals surface area contributed by atoms with Gasteiger partial charge in [-0.3, -0.25) is 4.79 Å². The smallest absolute Gasteiger partial charge is 0.337 e. The van der Waals surface area contributed by atoms with Crippen molar-refractivity contribution >= 4 is 50.8 Å². The molecule has 1 N–H and O–H groups in total. The standard InChI is InChI=1S/C20H20Cl2N2O5S/c1-29-20(26)14-4-2-5-15(12-14)23-19(25)13-8-10-24(11-9-13)30(27,28)18-16(21)6-3-7-17(18)22/h2-7,12-13H,8-11H2,1H3,(H,23,25). The van der Waals surface area contributed by atoms with E-state index in [9.17, 15) is 18.0 Å². The number of esters is 1. The number of ether oxygens (including phenoxy) is 1. The first kappa shape index (κ1) is 22.6. The van der Waals surface area contributed by atoms with Crippen LogP contribution in [0.1, 0.15) is 23.2 Å². The minimum Gasteiger partial charge on any atom is -0.465 e. The van der Waals surface area contributed by atoms with Gasteiger partial charge in [-0.05, 0) is 43.2 Å². The molecule has 3 rings (SSSR count). The van der Waals surface area contributed by atoms with Crippen LogP contribution >= 0.6 is 23.2 Å². The lowest BCUT2D eigenvalue weighted by molar-refractivity contribution is -0.120. The summed E-state index contributed by atoms with van der Waals surface area (Å²) in [5.41, 5.74) is 0.800. The lowest BCUT2D eigenvalue weighted by Crippen LogP contribution is -2.41. The fraction of sp³-hybridized carbons (Fsp3) is 0.300. The van der Waals surface area contributed by atoms with Gasteiger partial charge in [-0.2, -0.15) is 4.31 Å². The number of halogens is 2. The van der Waals surface area contributed by atoms with E-state index in [-0.39, 0.29) is 39.9 Å². The summed E-state index contributed by atoms with van der Waals surface area (Å²) in [6, 6.07) is 11.0. The molecule has 0 spiro atoms. The molecule has 1 fully saturated rings. The van der Waals surface area contributed by atoms with Crippen molar-refractivity contribution in [2.24, 2.45) is 5.92 Å². The van der Waals surface area contributed by atoms with Gasteiger partial charge in [-0.15, -0.1) is 0 Å². The normalized spacial score (nSPS) is 15.6. The van der Waals surface area contributed by atoms with Crippen LogP contribution in [0.5, 0.6) is 0 Å². The highest BCUT2D eigenvalue weighted by molar-refractivity contribution is 7.89. The molecule has 1 amide bonds. The topological polar surface area (TPSA) is 92.8 Å². The highest BCUT2D eigenvalue weighted by Gasteiger charge is 2.34. The highest BCUT2D eigenvalue weighted by atomic mass is 35.5. The first-order valence-corrected chi connectivity index (χ1v) is 11.4. The second-order valence-electron chi connectivity index (χ2n) is 6.79. The van der Waals surface area contributed by atoms with Crippen LogP contribution in [0, 0.1) is 5.92 Å². The Balaban J connectivity index is 1.65. The van der Waals surface area contributed by atoms with Gasteiger partial charge < -0.3 is 10.1 Å². The van der Waals surface area contributed by atoms with Gasteiger partial charge in [-0.25, -0.2) is 13.2 Å². The van der Waals surface area contributed by atoms with Crippen LogP contribution in [0.15, 0.2) is 47.4 Å². The number of carbonyl (C=O) groups is 2. The molecule has 0 unspecified atom stereocenters. The van der Waals surface area contributed by atoms with Gasteiger partial charge in [0.2, 0.25) is 15.9 Å². The van der Waals surface area contributed by atoms with E-state index in [0.29, 0.717) is 24.1 Å². The first-order chi connectivity index (χ1) is 14.2. The largest absolute Gasteiger partial charge is 0.465 e. The molecule has 30 heavy (non-hydrogen) atoms. The van der Waals surface area contributed by atoms with Crippen molar-refractivity contribution in [2.75, 3.05) is 25.5 Å². The number of amides is 1. The van der Waals surface area contributed by atoms with Crippen molar-refractivity contribution < 1.29 is 22.7 Å². The predicted octanol–water partition coefficient (Wildman–Crippen LogP) is 3.82. The van der Waals surface area contributed by atoms with Crippen LogP contribution in [-0.4, -0.2) is 44.8 Å². The van der Waals surface area contributed by atoms with Gasteiger partial charge in [0, 0.05) is 24.7 Å². The number of hydrogen-bond donors (Lipinski definition) is 1. The number of nitrogens with zero attached hydrogens (tertiary/aromatic N) is 1. The molecule has 0 radical (unpaired) electrons. The third kappa shape index (κ3) is 4.78. The lowest BCUT2D eigenvalue weighted by Gasteiger charge is -2.31. The summed E-state index contributed by atoms with van der Waals surface area (Å²) in [5.74, 6) is -1.09. The van der Waals surface area contributed by atoms with Gasteiger partial charge >= 0.3 is 5.97 Å². The molecule has 0 saturated carbocycles. The number of benzene rings is 2. The molecule has 160 valence electrons. The molecule has 1 aliphatic rings. The molecule has 0 aliphatic carbocycles. The van der Waals surface area contributed by atoms with E-state index in [1.165, 1.54) is 29.6 Å². The molecular weight excluding hydrogens is 451 g/mol. The molecule has 0 atom stereocenters. The van der Waals surface area contributed by atoms with E-state index in [1.807, 2.05) is 0 Å². The van der Waals surface area contributed by atoms with E-state index in [1.54, 1.807) is 24.3 Å². The van der Waals surface area contributed by atoms with E-state index in [2.05, 4.69) is 10.1 Å². The Labute approximate surface area is 185 Å². The van der Waals surface area contributed by atoms with Crippen LogP contribution in [0.3, 0.4) is 0 Å². The molecule has 1 aliphatic heterocycles. The summed E-state index contributed by atoms with van der Waals surface area (Å²) in [7, 11) is -2.58. The Kier molecular flexibility index (Phi) is 7.02. The van der Waals surface area contributed by atoms with Crippen molar-refractivity contribution in [1.29, 1.82) is 0 Å². The highest BCUT2D eigenvalue weighted by Crippen LogP contribution is 2.33. The van der Waals surface area contributed by atoms with Gasteiger partial charge in [0.15, 0.2) is 0 Å². The summed E-state index contributed by atoms with van der Waals surface area (Å²) >= 11 is 12.1. The number of methoxy groups -OCH3 is 1. The van der Waals surface area contributed by atoms with Crippen LogP contribution in [-0.2, 0) is 19.6 Å². The first-order valence-electron chi connectivity index (χ1n) is 9.17. The van der Waals surface area contributed by atoms with Crippen molar-refractivity contribution in [3.05, 3.63) is 58.1 Å². The average Bonchev–Trinajstić information content (AvgIpc) is 2.73. The fourth-order valence-electron chi connectivity index (χ4n) is 3.30. The maximum Gasteiger partial charge on any atom is 0.337 e. The molecule has 1 heterocycles. The summed E-state index contributed by atoms with van der Waals surface area (Å²) in [4.78, 5) is 24.1. The van der Waals surface area contributed by atoms with E-state index in [4.69, 9.17) is 23.2 Å². The molecule has 1 saturated heterocycles. The maximum absolute atomic E-state index is 12.9. The SMILES string of the molecule is COC(=O)c1cccc(NC(=O)C2CCN(S(=O)(=O)c3c(Cl)cccc3Cl)CC2)c1. The summed E-state index contributed by atoms with van der Waals surface area (Å²) < 4.78 is 31.8. The minimum atomic E-state index is -3.86. The van der Waals surface area contributed by atoms with Gasteiger partial charge in [-0.1, -0.05) is 35.3 Å². The van der Waals surface area contributed by atoms with Crippen molar-refractivity contribution in [3.8, 4) is 0 Å². The van der Waals surface area contributed by atoms with Gasteiger partial charge in [0.25, 0.3) is 0 Å². The third-order valence-electron chi connectivity index (χ3n) is 4.89. The number of hydrogen-bond acceptors (Lipinski definition) is 5. The zero-order valence-electron chi connectivity index (χ0n) is 16.1. The Morgan fingerprint density at radius 3 is 2.27 bits per heavy atom. The zero-order valence-corrected chi connectivity index (χ0v) is 18.4.